The Labute approximate surface area is 87.6 Å². The van der Waals surface area contributed by atoms with E-state index in [4.69, 9.17) is 11.5 Å². The Morgan fingerprint density at radius 1 is 1.21 bits per heavy atom. The minimum absolute atomic E-state index is 0.149. The summed E-state index contributed by atoms with van der Waals surface area (Å²) in [5, 5.41) is 3.64. The monoisotopic (exact) mass is 199 g/mol. The molecule has 1 fully saturated rings. The van der Waals surface area contributed by atoms with Gasteiger partial charge in [-0.2, -0.15) is 0 Å². The van der Waals surface area contributed by atoms with Crippen LogP contribution in [0.4, 0.5) is 0 Å². The van der Waals surface area contributed by atoms with Crippen LogP contribution in [0.5, 0.6) is 0 Å². The van der Waals surface area contributed by atoms with Gasteiger partial charge < -0.3 is 16.8 Å². The molecule has 0 aromatic heterocycles. The van der Waals surface area contributed by atoms with E-state index in [9.17, 15) is 0 Å². The van der Waals surface area contributed by atoms with Crippen molar-refractivity contribution >= 4 is 0 Å². The summed E-state index contributed by atoms with van der Waals surface area (Å²) in [4.78, 5) is 0. The summed E-state index contributed by atoms with van der Waals surface area (Å²) >= 11 is 0. The van der Waals surface area contributed by atoms with Gasteiger partial charge >= 0.3 is 0 Å². The maximum Gasteiger partial charge on any atom is 0.0193 e. The third kappa shape index (κ3) is 2.94. The van der Waals surface area contributed by atoms with Crippen molar-refractivity contribution in [1.82, 2.24) is 5.32 Å². The Bertz CT molecular complexity index is 183. The Hall–Kier alpha value is -0.120. The molecule has 0 aromatic carbocycles. The summed E-state index contributed by atoms with van der Waals surface area (Å²) < 4.78 is 0. The number of nitrogens with two attached hydrogens (primary N) is 2. The summed E-state index contributed by atoms with van der Waals surface area (Å²) in [6.45, 7) is 9.55. The number of nitrogens with one attached hydrogen (secondary N) is 1. The van der Waals surface area contributed by atoms with E-state index in [-0.39, 0.29) is 17.1 Å². The van der Waals surface area contributed by atoms with Crippen molar-refractivity contribution in [3.63, 3.8) is 0 Å². The molecule has 0 amide bonds. The SMILES string of the molecule is CC1(C)CC(C(N)CN)CC(C)(C)N1. The molecule has 1 aliphatic rings. The number of rotatable bonds is 2. The molecule has 14 heavy (non-hydrogen) atoms. The number of hydrogen-bond donors (Lipinski definition) is 3. The minimum Gasteiger partial charge on any atom is -0.329 e. The third-order valence-corrected chi connectivity index (χ3v) is 3.10. The maximum absolute atomic E-state index is 6.04. The van der Waals surface area contributed by atoms with Crippen molar-refractivity contribution in [2.45, 2.75) is 57.7 Å². The van der Waals surface area contributed by atoms with Crippen molar-refractivity contribution in [2.24, 2.45) is 17.4 Å². The summed E-state index contributed by atoms with van der Waals surface area (Å²) in [7, 11) is 0. The van der Waals surface area contributed by atoms with E-state index in [2.05, 4.69) is 33.0 Å². The van der Waals surface area contributed by atoms with E-state index < -0.39 is 0 Å². The molecule has 1 unspecified atom stereocenters. The zero-order chi connectivity index (χ0) is 11.0. The van der Waals surface area contributed by atoms with Crippen LogP contribution in [0.25, 0.3) is 0 Å². The molecule has 1 rings (SSSR count). The lowest BCUT2D eigenvalue weighted by atomic mass is 9.73. The van der Waals surface area contributed by atoms with Crippen LogP contribution >= 0.6 is 0 Å². The fraction of sp³-hybridized carbons (Fsp3) is 1.00. The van der Waals surface area contributed by atoms with Crippen LogP contribution in [0.15, 0.2) is 0 Å². The molecule has 0 radical (unpaired) electrons. The lowest BCUT2D eigenvalue weighted by Gasteiger charge is -2.48. The molecule has 1 aliphatic heterocycles. The summed E-state index contributed by atoms with van der Waals surface area (Å²) in [5.41, 5.74) is 12.0. The fourth-order valence-electron chi connectivity index (χ4n) is 2.90. The molecule has 1 atom stereocenters. The molecular weight excluding hydrogens is 174 g/mol. The van der Waals surface area contributed by atoms with Gasteiger partial charge in [-0.1, -0.05) is 0 Å². The van der Waals surface area contributed by atoms with Crippen molar-refractivity contribution in [3.8, 4) is 0 Å². The highest BCUT2D eigenvalue weighted by Gasteiger charge is 2.39. The van der Waals surface area contributed by atoms with Gasteiger partial charge in [-0.3, -0.25) is 0 Å². The molecular formula is C11H25N3. The summed E-state index contributed by atoms with van der Waals surface area (Å²) in [6, 6.07) is 0.149. The van der Waals surface area contributed by atoms with Crippen molar-refractivity contribution in [2.75, 3.05) is 6.54 Å². The topological polar surface area (TPSA) is 64.1 Å². The van der Waals surface area contributed by atoms with Crippen LogP contribution in [0, 0.1) is 5.92 Å². The van der Waals surface area contributed by atoms with Gasteiger partial charge in [0, 0.05) is 23.7 Å². The predicted molar refractivity (Wildman–Crippen MR) is 61.0 cm³/mol. The Morgan fingerprint density at radius 3 is 2.00 bits per heavy atom. The van der Waals surface area contributed by atoms with Crippen LogP contribution in [0.2, 0.25) is 0 Å². The van der Waals surface area contributed by atoms with E-state index in [0.29, 0.717) is 12.5 Å². The van der Waals surface area contributed by atoms with Gasteiger partial charge in [0.15, 0.2) is 0 Å². The molecule has 84 valence electrons. The molecule has 0 saturated carbocycles. The van der Waals surface area contributed by atoms with Gasteiger partial charge in [-0.25, -0.2) is 0 Å². The van der Waals surface area contributed by atoms with Gasteiger partial charge in [-0.15, -0.1) is 0 Å². The van der Waals surface area contributed by atoms with Crippen LogP contribution in [-0.2, 0) is 0 Å². The molecule has 0 aromatic rings. The quantitative estimate of drug-likeness (QED) is 0.617. The highest BCUT2D eigenvalue weighted by molar-refractivity contribution is 4.99. The summed E-state index contributed by atoms with van der Waals surface area (Å²) in [6.07, 6.45) is 2.24. The number of piperidine rings is 1. The Kier molecular flexibility index (Phi) is 3.24. The van der Waals surface area contributed by atoms with Gasteiger partial charge in [0.05, 0.1) is 0 Å². The second kappa shape index (κ2) is 3.80. The first kappa shape index (κ1) is 12.0. The lowest BCUT2D eigenvalue weighted by molar-refractivity contribution is 0.115. The van der Waals surface area contributed by atoms with Gasteiger partial charge in [0.25, 0.3) is 0 Å². The molecule has 3 nitrogen and oxygen atoms in total. The average Bonchev–Trinajstić information content (AvgIpc) is 1.97. The molecule has 5 N–H and O–H groups in total. The number of hydrogen-bond acceptors (Lipinski definition) is 3. The first-order valence-electron chi connectivity index (χ1n) is 5.51. The highest BCUT2D eigenvalue weighted by Crippen LogP contribution is 2.33. The van der Waals surface area contributed by atoms with Crippen LogP contribution in [0.1, 0.15) is 40.5 Å². The van der Waals surface area contributed by atoms with Crippen LogP contribution in [-0.4, -0.2) is 23.7 Å². The standard InChI is InChI=1S/C11H25N3/c1-10(2)5-8(9(13)7-12)6-11(3,4)14-10/h8-9,14H,5-7,12-13H2,1-4H3. The average molecular weight is 199 g/mol. The van der Waals surface area contributed by atoms with Crippen molar-refractivity contribution in [3.05, 3.63) is 0 Å². The fourth-order valence-corrected chi connectivity index (χ4v) is 2.90. The van der Waals surface area contributed by atoms with Crippen molar-refractivity contribution in [1.29, 1.82) is 0 Å². The molecule has 1 saturated heterocycles. The Balaban J connectivity index is 2.71. The van der Waals surface area contributed by atoms with Gasteiger partial charge in [0.1, 0.15) is 0 Å². The second-order valence-corrected chi connectivity index (χ2v) is 5.96. The molecule has 1 heterocycles. The largest absolute Gasteiger partial charge is 0.329 e. The maximum atomic E-state index is 6.04. The second-order valence-electron chi connectivity index (χ2n) is 5.96. The molecule has 0 spiro atoms. The van der Waals surface area contributed by atoms with Gasteiger partial charge in [0.2, 0.25) is 0 Å². The highest BCUT2D eigenvalue weighted by atomic mass is 15.1. The van der Waals surface area contributed by atoms with E-state index in [1.807, 2.05) is 0 Å². The zero-order valence-electron chi connectivity index (χ0n) is 9.93. The van der Waals surface area contributed by atoms with Crippen molar-refractivity contribution < 1.29 is 0 Å². The normalized spacial score (nSPS) is 28.7. The lowest BCUT2D eigenvalue weighted by Crippen LogP contribution is -2.60. The molecule has 0 bridgehead atoms. The first-order valence-corrected chi connectivity index (χ1v) is 5.51. The van der Waals surface area contributed by atoms with E-state index in [1.165, 1.54) is 0 Å². The van der Waals surface area contributed by atoms with E-state index in [1.54, 1.807) is 0 Å². The van der Waals surface area contributed by atoms with E-state index in [0.717, 1.165) is 12.8 Å². The first-order chi connectivity index (χ1) is 6.26. The molecule has 3 heteroatoms. The predicted octanol–water partition coefficient (Wildman–Crippen LogP) is 0.829. The third-order valence-electron chi connectivity index (χ3n) is 3.10. The minimum atomic E-state index is 0.149. The molecule has 0 aliphatic carbocycles. The van der Waals surface area contributed by atoms with Gasteiger partial charge in [-0.05, 0) is 46.5 Å². The zero-order valence-corrected chi connectivity index (χ0v) is 9.93. The van der Waals surface area contributed by atoms with E-state index >= 15 is 0 Å². The summed E-state index contributed by atoms with van der Waals surface area (Å²) in [5.74, 6) is 0.547. The van der Waals surface area contributed by atoms with Crippen LogP contribution in [0.3, 0.4) is 0 Å². The van der Waals surface area contributed by atoms with Crippen LogP contribution < -0.4 is 16.8 Å². The Morgan fingerprint density at radius 2 is 1.64 bits per heavy atom. The smallest absolute Gasteiger partial charge is 0.0193 e.